The average molecular weight is 199 g/mol. The fraction of sp³-hybridized carbons (Fsp3) is 0.625. The van der Waals surface area contributed by atoms with Crippen LogP contribution in [0, 0.1) is 5.92 Å². The molecule has 1 aliphatic heterocycles. The summed E-state index contributed by atoms with van der Waals surface area (Å²) in [5.41, 5.74) is 9.94. The molecule has 1 unspecified atom stereocenters. The Kier molecular flexibility index (Phi) is 3.06. The van der Waals surface area contributed by atoms with Crippen LogP contribution >= 0.6 is 0 Å². The number of hydrogen-bond acceptors (Lipinski definition) is 3. The molecule has 14 heavy (non-hydrogen) atoms. The first-order valence-corrected chi connectivity index (χ1v) is 4.36. The van der Waals surface area contributed by atoms with Crippen LogP contribution in [-0.4, -0.2) is 35.7 Å². The second-order valence-electron chi connectivity index (χ2n) is 3.38. The first kappa shape index (κ1) is 10.5. The summed E-state index contributed by atoms with van der Waals surface area (Å²) >= 11 is 0. The molecule has 0 aliphatic carbocycles. The van der Waals surface area contributed by atoms with Gasteiger partial charge in [0.15, 0.2) is 0 Å². The van der Waals surface area contributed by atoms with Gasteiger partial charge in [0.05, 0.1) is 6.54 Å². The van der Waals surface area contributed by atoms with Crippen LogP contribution < -0.4 is 11.5 Å². The predicted octanol–water partition coefficient (Wildman–Crippen LogP) is -1.80. The van der Waals surface area contributed by atoms with Crippen molar-refractivity contribution in [2.24, 2.45) is 17.4 Å². The van der Waals surface area contributed by atoms with Gasteiger partial charge in [-0.05, 0) is 6.42 Å². The van der Waals surface area contributed by atoms with Crippen molar-refractivity contribution in [3.05, 3.63) is 0 Å². The van der Waals surface area contributed by atoms with Crippen LogP contribution in [-0.2, 0) is 14.4 Å². The van der Waals surface area contributed by atoms with Crippen molar-refractivity contribution < 1.29 is 14.4 Å². The van der Waals surface area contributed by atoms with E-state index >= 15 is 0 Å². The number of carbonyl (C=O) groups excluding carboxylic acids is 3. The lowest BCUT2D eigenvalue weighted by Crippen LogP contribution is -2.36. The van der Waals surface area contributed by atoms with Gasteiger partial charge in [-0.1, -0.05) is 0 Å². The van der Waals surface area contributed by atoms with Crippen LogP contribution in [0.3, 0.4) is 0 Å². The average Bonchev–Trinajstić information content (AvgIpc) is 2.34. The smallest absolute Gasteiger partial charge is 0.237 e. The maximum absolute atomic E-state index is 11.5. The molecule has 0 aromatic rings. The Balaban J connectivity index is 2.51. The lowest BCUT2D eigenvalue weighted by Gasteiger charge is -2.13. The van der Waals surface area contributed by atoms with Crippen LogP contribution in [0.4, 0.5) is 0 Å². The molecule has 6 heteroatoms. The fourth-order valence-corrected chi connectivity index (χ4v) is 1.58. The zero-order valence-corrected chi connectivity index (χ0v) is 7.73. The molecule has 1 atom stereocenters. The number of hydrogen-bond donors (Lipinski definition) is 2. The van der Waals surface area contributed by atoms with Crippen molar-refractivity contribution in [2.75, 3.05) is 13.1 Å². The summed E-state index contributed by atoms with van der Waals surface area (Å²) in [5.74, 6) is -1.61. The molecule has 1 saturated heterocycles. The van der Waals surface area contributed by atoms with E-state index in [9.17, 15) is 14.4 Å². The Morgan fingerprint density at radius 1 is 1.36 bits per heavy atom. The highest BCUT2D eigenvalue weighted by Crippen LogP contribution is 2.20. The number of nitrogens with two attached hydrogens (primary N) is 2. The second kappa shape index (κ2) is 4.08. The molecular formula is C8H13N3O3. The summed E-state index contributed by atoms with van der Waals surface area (Å²) in [6, 6.07) is 0. The van der Waals surface area contributed by atoms with Crippen molar-refractivity contribution >= 4 is 17.7 Å². The first-order chi connectivity index (χ1) is 6.50. The highest BCUT2D eigenvalue weighted by Gasteiger charge is 2.32. The summed E-state index contributed by atoms with van der Waals surface area (Å²) in [6.07, 6.45) is 0.614. The minimum atomic E-state index is -0.543. The molecule has 0 radical (unpaired) electrons. The highest BCUT2D eigenvalue weighted by molar-refractivity contribution is 5.89. The summed E-state index contributed by atoms with van der Waals surface area (Å²) in [4.78, 5) is 34.0. The van der Waals surface area contributed by atoms with Gasteiger partial charge in [-0.25, -0.2) is 0 Å². The van der Waals surface area contributed by atoms with Gasteiger partial charge in [0.1, 0.15) is 0 Å². The summed E-state index contributed by atoms with van der Waals surface area (Å²) in [5, 5.41) is 0. The SMILES string of the molecule is NC(=O)CC1CCN(CC(N)=O)C1=O. The molecule has 4 N–H and O–H groups in total. The van der Waals surface area contributed by atoms with Crippen LogP contribution in [0.5, 0.6) is 0 Å². The van der Waals surface area contributed by atoms with E-state index in [0.29, 0.717) is 13.0 Å². The maximum atomic E-state index is 11.5. The quantitative estimate of drug-likeness (QED) is 0.557. The zero-order valence-electron chi connectivity index (χ0n) is 7.73. The monoisotopic (exact) mass is 199 g/mol. The highest BCUT2D eigenvalue weighted by atomic mass is 16.2. The van der Waals surface area contributed by atoms with E-state index in [0.717, 1.165) is 0 Å². The van der Waals surface area contributed by atoms with Crippen LogP contribution in [0.15, 0.2) is 0 Å². The molecule has 1 heterocycles. The van der Waals surface area contributed by atoms with Gasteiger partial charge >= 0.3 is 0 Å². The Morgan fingerprint density at radius 3 is 2.50 bits per heavy atom. The largest absolute Gasteiger partial charge is 0.370 e. The van der Waals surface area contributed by atoms with Gasteiger partial charge in [0.2, 0.25) is 17.7 Å². The van der Waals surface area contributed by atoms with Crippen LogP contribution in [0.25, 0.3) is 0 Å². The standard InChI is InChI=1S/C8H13N3O3/c9-6(12)3-5-1-2-11(8(5)14)4-7(10)13/h5H,1-4H2,(H2,9,12)(H2,10,13). The van der Waals surface area contributed by atoms with Crippen LogP contribution in [0.1, 0.15) is 12.8 Å². The molecule has 78 valence electrons. The third kappa shape index (κ3) is 2.45. The van der Waals surface area contributed by atoms with Gasteiger partial charge in [-0.3, -0.25) is 14.4 Å². The normalized spacial score (nSPS) is 21.3. The lowest BCUT2D eigenvalue weighted by molar-refractivity contribution is -0.135. The third-order valence-electron chi connectivity index (χ3n) is 2.20. The topological polar surface area (TPSA) is 106 Å². The summed E-state index contributed by atoms with van der Waals surface area (Å²) in [6.45, 7) is 0.397. The molecule has 0 saturated carbocycles. The Hall–Kier alpha value is -1.59. The van der Waals surface area contributed by atoms with Crippen molar-refractivity contribution in [1.29, 1.82) is 0 Å². The van der Waals surface area contributed by atoms with Crippen molar-refractivity contribution in [2.45, 2.75) is 12.8 Å². The molecule has 0 aromatic carbocycles. The lowest BCUT2D eigenvalue weighted by atomic mass is 10.0. The maximum Gasteiger partial charge on any atom is 0.237 e. The Labute approximate surface area is 81.2 Å². The van der Waals surface area contributed by atoms with Gasteiger partial charge in [-0.15, -0.1) is 0 Å². The minimum Gasteiger partial charge on any atom is -0.370 e. The molecule has 0 bridgehead atoms. The van der Waals surface area contributed by atoms with Crippen molar-refractivity contribution in [3.63, 3.8) is 0 Å². The van der Waals surface area contributed by atoms with Crippen molar-refractivity contribution in [3.8, 4) is 0 Å². The second-order valence-corrected chi connectivity index (χ2v) is 3.38. The molecule has 0 spiro atoms. The molecule has 3 amide bonds. The Morgan fingerprint density at radius 2 is 2.00 bits per heavy atom. The zero-order chi connectivity index (χ0) is 10.7. The number of amides is 3. The number of rotatable bonds is 4. The summed E-state index contributed by atoms with van der Waals surface area (Å²) < 4.78 is 0. The van der Waals surface area contributed by atoms with Gasteiger partial charge < -0.3 is 16.4 Å². The van der Waals surface area contributed by atoms with Crippen LogP contribution in [0.2, 0.25) is 0 Å². The summed E-state index contributed by atoms with van der Waals surface area (Å²) in [7, 11) is 0. The van der Waals surface area contributed by atoms with E-state index in [4.69, 9.17) is 11.5 Å². The van der Waals surface area contributed by atoms with E-state index in [1.165, 1.54) is 4.90 Å². The number of primary amides is 2. The van der Waals surface area contributed by atoms with E-state index in [-0.39, 0.29) is 24.8 Å². The van der Waals surface area contributed by atoms with E-state index in [1.807, 2.05) is 0 Å². The number of carbonyl (C=O) groups is 3. The first-order valence-electron chi connectivity index (χ1n) is 4.36. The van der Waals surface area contributed by atoms with E-state index in [1.54, 1.807) is 0 Å². The Bertz CT molecular complexity index is 251. The fourth-order valence-electron chi connectivity index (χ4n) is 1.58. The van der Waals surface area contributed by atoms with Gasteiger partial charge in [0, 0.05) is 18.9 Å². The molecule has 1 aliphatic rings. The number of likely N-dealkylation sites (tertiary alicyclic amines) is 1. The molecule has 1 rings (SSSR count). The van der Waals surface area contributed by atoms with E-state index in [2.05, 4.69) is 0 Å². The number of nitrogens with zero attached hydrogens (tertiary/aromatic N) is 1. The van der Waals surface area contributed by atoms with Gasteiger partial charge in [-0.2, -0.15) is 0 Å². The minimum absolute atomic E-state index is 0.0497. The molecular weight excluding hydrogens is 186 g/mol. The van der Waals surface area contributed by atoms with E-state index < -0.39 is 11.8 Å². The van der Waals surface area contributed by atoms with Crippen molar-refractivity contribution in [1.82, 2.24) is 4.90 Å². The molecule has 1 fully saturated rings. The predicted molar refractivity (Wildman–Crippen MR) is 47.7 cm³/mol. The molecule has 6 nitrogen and oxygen atoms in total. The van der Waals surface area contributed by atoms with Gasteiger partial charge in [0.25, 0.3) is 0 Å². The third-order valence-corrected chi connectivity index (χ3v) is 2.20. The molecule has 0 aromatic heterocycles.